The molecule has 0 aliphatic rings. The van der Waals surface area contributed by atoms with Crippen molar-refractivity contribution < 1.29 is 39.3 Å². The van der Waals surface area contributed by atoms with Gasteiger partial charge in [0.05, 0.1) is 24.7 Å². The van der Waals surface area contributed by atoms with Crippen molar-refractivity contribution in [2.75, 3.05) is 19.8 Å². The fourth-order valence-electron chi connectivity index (χ4n) is 1.42. The summed E-state index contributed by atoms with van der Waals surface area (Å²) < 4.78 is 93.3. The lowest BCUT2D eigenvalue weighted by Gasteiger charge is -2.19. The van der Waals surface area contributed by atoms with E-state index in [0.29, 0.717) is 0 Å². The predicted octanol–water partition coefficient (Wildman–Crippen LogP) is 3.30. The number of rotatable bonds is 8. The number of aryl methyl sites for hydroxylation is 1. The Kier molecular flexibility index (Phi) is 6.49. The van der Waals surface area contributed by atoms with E-state index in [9.17, 15) is 30.4 Å². The Balaban J connectivity index is 2.34. The zero-order valence-corrected chi connectivity index (χ0v) is 12.9. The normalized spacial score (nSPS) is 13.3. The highest BCUT2D eigenvalue weighted by atomic mass is 32.2. The number of benzene rings is 1. The van der Waals surface area contributed by atoms with E-state index in [1.807, 2.05) is 0 Å². The number of ether oxygens (including phenoxy) is 1. The van der Waals surface area contributed by atoms with Crippen LogP contribution in [0.5, 0.6) is 0 Å². The minimum Gasteiger partial charge on any atom is -0.379 e. The summed E-state index contributed by atoms with van der Waals surface area (Å²) in [6, 6.07) is 5.78. The number of halogens is 5. The standard InChI is InChI=1S/C13H15F5O4S/c1-10-2-4-11(5-3-10)23(19,20)22-9-8-21-7-6-12(14,15)13(16,17)18/h2-5H,6-9H2,1H3. The molecule has 1 aromatic rings. The largest absolute Gasteiger partial charge is 0.453 e. The van der Waals surface area contributed by atoms with Gasteiger partial charge in [-0.15, -0.1) is 0 Å². The summed E-state index contributed by atoms with van der Waals surface area (Å²) in [5.41, 5.74) is 0.845. The molecule has 0 amide bonds. The van der Waals surface area contributed by atoms with E-state index >= 15 is 0 Å². The van der Waals surface area contributed by atoms with Crippen LogP contribution in [0.3, 0.4) is 0 Å². The molecule has 1 aromatic carbocycles. The molecule has 0 aliphatic carbocycles. The molecule has 132 valence electrons. The Morgan fingerprint density at radius 2 is 1.52 bits per heavy atom. The lowest BCUT2D eigenvalue weighted by atomic mass is 10.2. The average molecular weight is 362 g/mol. The van der Waals surface area contributed by atoms with Gasteiger partial charge in [-0.05, 0) is 19.1 Å². The molecule has 4 nitrogen and oxygen atoms in total. The van der Waals surface area contributed by atoms with E-state index < -0.39 is 48.5 Å². The van der Waals surface area contributed by atoms with Crippen LogP contribution in [0.15, 0.2) is 29.2 Å². The molecular weight excluding hydrogens is 347 g/mol. The van der Waals surface area contributed by atoms with Crippen LogP contribution in [-0.2, 0) is 19.0 Å². The van der Waals surface area contributed by atoms with Gasteiger partial charge in [0.25, 0.3) is 10.1 Å². The zero-order chi connectivity index (χ0) is 17.7. The minimum absolute atomic E-state index is 0.0910. The zero-order valence-electron chi connectivity index (χ0n) is 12.1. The molecule has 1 rings (SSSR count). The summed E-state index contributed by atoms with van der Waals surface area (Å²) in [4.78, 5) is -0.0910. The van der Waals surface area contributed by atoms with Gasteiger partial charge in [-0.3, -0.25) is 4.18 Å². The fourth-order valence-corrected chi connectivity index (χ4v) is 2.31. The van der Waals surface area contributed by atoms with Crippen molar-refractivity contribution in [3.63, 3.8) is 0 Å². The highest BCUT2D eigenvalue weighted by Crippen LogP contribution is 2.37. The van der Waals surface area contributed by atoms with Gasteiger partial charge in [-0.1, -0.05) is 17.7 Å². The van der Waals surface area contributed by atoms with Gasteiger partial charge < -0.3 is 4.74 Å². The molecule has 0 heterocycles. The highest BCUT2D eigenvalue weighted by molar-refractivity contribution is 7.86. The summed E-state index contributed by atoms with van der Waals surface area (Å²) >= 11 is 0. The molecule has 0 N–H and O–H groups in total. The van der Waals surface area contributed by atoms with Crippen molar-refractivity contribution in [3.8, 4) is 0 Å². The quantitative estimate of drug-likeness (QED) is 0.405. The van der Waals surface area contributed by atoms with Crippen molar-refractivity contribution in [2.45, 2.75) is 30.3 Å². The second-order valence-corrected chi connectivity index (χ2v) is 6.27. The van der Waals surface area contributed by atoms with E-state index in [1.54, 1.807) is 19.1 Å². The molecule has 0 saturated heterocycles. The summed E-state index contributed by atoms with van der Waals surface area (Å²) in [6.45, 7) is -0.0326. The number of alkyl halides is 5. The van der Waals surface area contributed by atoms with Crippen molar-refractivity contribution in [3.05, 3.63) is 29.8 Å². The van der Waals surface area contributed by atoms with E-state index in [-0.39, 0.29) is 4.90 Å². The molecule has 0 unspecified atom stereocenters. The SMILES string of the molecule is Cc1ccc(S(=O)(=O)OCCOCCC(F)(F)C(F)(F)F)cc1. The molecule has 0 fully saturated rings. The van der Waals surface area contributed by atoms with E-state index in [0.717, 1.165) is 5.56 Å². The van der Waals surface area contributed by atoms with Crippen molar-refractivity contribution in [1.29, 1.82) is 0 Å². The smallest absolute Gasteiger partial charge is 0.379 e. The van der Waals surface area contributed by atoms with Gasteiger partial charge in [-0.2, -0.15) is 30.4 Å². The van der Waals surface area contributed by atoms with Crippen LogP contribution < -0.4 is 0 Å². The summed E-state index contributed by atoms with van der Waals surface area (Å²) in [7, 11) is -4.02. The predicted molar refractivity (Wildman–Crippen MR) is 70.8 cm³/mol. The van der Waals surface area contributed by atoms with Gasteiger partial charge in [0.2, 0.25) is 0 Å². The third-order valence-electron chi connectivity index (χ3n) is 2.75. The Bertz CT molecular complexity index is 596. The van der Waals surface area contributed by atoms with Crippen molar-refractivity contribution in [1.82, 2.24) is 0 Å². The maximum absolute atomic E-state index is 12.6. The average Bonchev–Trinajstić information content (AvgIpc) is 2.42. The highest BCUT2D eigenvalue weighted by Gasteiger charge is 2.56. The van der Waals surface area contributed by atoms with Crippen molar-refractivity contribution >= 4 is 10.1 Å². The summed E-state index contributed by atoms with van der Waals surface area (Å²) in [5, 5.41) is 0. The maximum atomic E-state index is 12.6. The molecule has 10 heteroatoms. The first-order chi connectivity index (χ1) is 10.5. The monoisotopic (exact) mass is 362 g/mol. The first-order valence-electron chi connectivity index (χ1n) is 6.44. The van der Waals surface area contributed by atoms with E-state index in [2.05, 4.69) is 8.92 Å². The Morgan fingerprint density at radius 1 is 0.957 bits per heavy atom. The molecule has 0 aromatic heterocycles. The lowest BCUT2D eigenvalue weighted by Crippen LogP contribution is -2.37. The Labute approximate surface area is 130 Å². The fraction of sp³-hybridized carbons (Fsp3) is 0.538. The van der Waals surface area contributed by atoms with Crippen LogP contribution in [0.2, 0.25) is 0 Å². The first-order valence-corrected chi connectivity index (χ1v) is 7.85. The van der Waals surface area contributed by atoms with Crippen LogP contribution in [0.25, 0.3) is 0 Å². The van der Waals surface area contributed by atoms with E-state index in [4.69, 9.17) is 0 Å². The number of hydrogen-bond donors (Lipinski definition) is 0. The van der Waals surface area contributed by atoms with Crippen LogP contribution >= 0.6 is 0 Å². The van der Waals surface area contributed by atoms with Crippen molar-refractivity contribution in [2.24, 2.45) is 0 Å². The minimum atomic E-state index is -5.64. The van der Waals surface area contributed by atoms with E-state index in [1.165, 1.54) is 12.1 Å². The van der Waals surface area contributed by atoms with Crippen LogP contribution in [0.1, 0.15) is 12.0 Å². The van der Waals surface area contributed by atoms with Gasteiger partial charge in [0.15, 0.2) is 0 Å². The third kappa shape index (κ3) is 6.04. The Morgan fingerprint density at radius 3 is 2.04 bits per heavy atom. The number of hydrogen-bond acceptors (Lipinski definition) is 4. The molecule has 0 radical (unpaired) electrons. The van der Waals surface area contributed by atoms with Crippen LogP contribution in [0.4, 0.5) is 22.0 Å². The maximum Gasteiger partial charge on any atom is 0.453 e. The second-order valence-electron chi connectivity index (χ2n) is 4.65. The third-order valence-corrected chi connectivity index (χ3v) is 4.08. The summed E-state index contributed by atoms with van der Waals surface area (Å²) in [6.07, 6.45) is -7.18. The molecule has 23 heavy (non-hydrogen) atoms. The molecular formula is C13H15F5O4S. The molecule has 0 atom stereocenters. The van der Waals surface area contributed by atoms with Gasteiger partial charge in [0, 0.05) is 6.42 Å². The molecule has 0 saturated carbocycles. The van der Waals surface area contributed by atoms with Gasteiger partial charge >= 0.3 is 12.1 Å². The summed E-state index contributed by atoms with van der Waals surface area (Å²) in [5.74, 6) is -4.85. The Hall–Kier alpha value is -1.26. The topological polar surface area (TPSA) is 52.6 Å². The van der Waals surface area contributed by atoms with Crippen LogP contribution in [-0.4, -0.2) is 40.3 Å². The van der Waals surface area contributed by atoms with Gasteiger partial charge in [0.1, 0.15) is 0 Å². The first kappa shape index (κ1) is 19.8. The lowest BCUT2D eigenvalue weighted by molar-refractivity contribution is -0.287. The van der Waals surface area contributed by atoms with Crippen LogP contribution in [0, 0.1) is 6.92 Å². The second kappa shape index (κ2) is 7.54. The van der Waals surface area contributed by atoms with Gasteiger partial charge in [-0.25, -0.2) is 0 Å². The molecule has 0 spiro atoms. The molecule has 0 aliphatic heterocycles. The molecule has 0 bridgehead atoms.